The quantitative estimate of drug-likeness (QED) is 0.0169. The molecule has 147 heavy (non-hydrogen) atoms. The van der Waals surface area contributed by atoms with Crippen molar-refractivity contribution >= 4 is 185 Å². The molecule has 17 rings (SSSR count). The van der Waals surface area contributed by atoms with Crippen molar-refractivity contribution < 1.29 is 128 Å². The number of nitrogen functional groups attached to an aromatic ring is 3. The highest BCUT2D eigenvalue weighted by atomic mass is 32.7. The van der Waals surface area contributed by atoms with E-state index < -0.39 is 269 Å². The Kier molecular flexibility index (Phi) is 33.7. The number of anilines is 3. The molecule has 18 N–H and O–H groups in total. The van der Waals surface area contributed by atoms with Gasteiger partial charge < -0.3 is 88.5 Å². The lowest BCUT2D eigenvalue weighted by molar-refractivity contribution is -0.0534. The normalized spacial score (nSPS) is 31.1. The van der Waals surface area contributed by atoms with Gasteiger partial charge in [0.2, 0.25) is 0 Å². The Morgan fingerprint density at radius 3 is 0.966 bits per heavy atom. The minimum Gasteiger partial charge on any atom is -0.383 e. The molecule has 9 aliphatic heterocycles. The summed E-state index contributed by atoms with van der Waals surface area (Å²) in [4.78, 5) is 121. The van der Waals surface area contributed by atoms with Gasteiger partial charge in [-0.15, -0.1) is 0 Å². The summed E-state index contributed by atoms with van der Waals surface area (Å²) in [5.41, 5.74) is 39.5. The van der Waals surface area contributed by atoms with Gasteiger partial charge in [-0.25, -0.2) is 76.1 Å². The lowest BCUT2D eigenvalue weighted by Gasteiger charge is -2.27. The number of aliphatic imine (C=N–C) groups is 2. The molecule has 30 atom stereocenters. The summed E-state index contributed by atoms with van der Waals surface area (Å²) in [6, 6.07) is 0. The van der Waals surface area contributed by atoms with Gasteiger partial charge in [0.15, 0.2) is 35.0 Å². The third-order valence-corrected chi connectivity index (χ3v) is 36.2. The van der Waals surface area contributed by atoms with E-state index in [4.69, 9.17) is 137 Å². The number of H-pyrrole nitrogens is 2. The number of rotatable bonds is 41. The van der Waals surface area contributed by atoms with Gasteiger partial charge >= 0.3 is 70.3 Å². The minimum absolute atomic E-state index is 0.0144. The molecule has 0 saturated carbocycles. The zero-order chi connectivity index (χ0) is 106. The van der Waals surface area contributed by atoms with E-state index in [1.54, 1.807) is 20.8 Å². The Bertz CT molecular complexity index is 7150. The van der Waals surface area contributed by atoms with Crippen LogP contribution in [0.1, 0.15) is 148 Å². The summed E-state index contributed by atoms with van der Waals surface area (Å²) in [6.45, 7) is -29.6. The second-order valence-electron chi connectivity index (χ2n) is 34.7. The van der Waals surface area contributed by atoms with E-state index in [1.807, 2.05) is 0 Å². The molecule has 17 heterocycles. The second kappa shape index (κ2) is 44.6. The summed E-state index contributed by atoms with van der Waals surface area (Å²) in [5.74, 6) is 0.0635. The van der Waals surface area contributed by atoms with Crippen LogP contribution in [0.15, 0.2) is 88.8 Å². The van der Waals surface area contributed by atoms with Crippen LogP contribution in [0.4, 0.5) is 29.1 Å². The molecule has 7 fully saturated rings. The van der Waals surface area contributed by atoms with Crippen molar-refractivity contribution in [2.75, 3.05) is 64.0 Å². The largest absolute Gasteiger partial charge is 0.386 e. The molecule has 8 aromatic rings. The predicted molar refractivity (Wildman–Crippen MR) is 537 cm³/mol. The highest BCUT2D eigenvalue weighted by Gasteiger charge is 2.53. The fourth-order valence-corrected chi connectivity index (χ4v) is 27.5. The first-order valence-corrected chi connectivity index (χ1v) is 63.3. The minimum atomic E-state index is -4.92. The maximum absolute atomic E-state index is 15.1. The average Bonchev–Trinajstić information content (AvgIpc) is 1.62. The molecular weight excluding hydrogens is 2230 g/mol. The number of aryl methyl sites for hydroxylation is 4. The number of nitrogens with two attached hydrogens (primary N) is 7. The van der Waals surface area contributed by atoms with Crippen molar-refractivity contribution in [3.63, 3.8) is 0 Å². The van der Waals surface area contributed by atoms with E-state index in [-0.39, 0.29) is 108 Å². The summed E-state index contributed by atoms with van der Waals surface area (Å²) < 4.78 is 239. The monoisotopic (exact) mass is 2330 g/mol. The van der Waals surface area contributed by atoms with Crippen molar-refractivity contribution in [1.29, 1.82) is 0 Å². The van der Waals surface area contributed by atoms with E-state index in [2.05, 4.69) is 151 Å². The molecular formula is C72H102N27O34P7S7. The van der Waals surface area contributed by atoms with E-state index in [0.717, 1.165) is 27.1 Å². The molecule has 9 aliphatic rings. The number of hydrogen-bond acceptors (Lipinski definition) is 52. The van der Waals surface area contributed by atoms with Crippen molar-refractivity contribution in [2.45, 2.75) is 227 Å². The number of thiol groups is 7. The van der Waals surface area contributed by atoms with Gasteiger partial charge in [-0.05, 0) is 34.1 Å². The van der Waals surface area contributed by atoms with E-state index in [0.29, 0.717) is 23.2 Å². The van der Waals surface area contributed by atoms with E-state index >= 15 is 13.7 Å². The molecule has 0 spiro atoms. The fraction of sp³-hybridized carbons (Fsp3) is 0.597. The lowest BCUT2D eigenvalue weighted by Crippen LogP contribution is -2.41. The Morgan fingerprint density at radius 1 is 0.367 bits per heavy atom. The molecule has 16 unspecified atom stereocenters. The number of nitrogens with zero attached hydrogens (tertiary/aromatic N) is 16. The Balaban J connectivity index is 0.584. The lowest BCUT2D eigenvalue weighted by atomic mass is 10.1. The van der Waals surface area contributed by atoms with Crippen LogP contribution in [0, 0.1) is 27.7 Å². The van der Waals surface area contributed by atoms with Gasteiger partial charge in [-0.1, -0.05) is 92.7 Å². The SMILES string of the molecule is CC[C@H]1O[C@@H](n2cc(C)c(N)nc2=O)CC1OP(=O)(S)OC[C@H]1O[C@@H](n2cc(C)c(N)nc2=O)CC1OP(=O)(S)OC[C@H]1O[C@@H](n2cnc3c(N)ncnc32)CC1OP(=O)(S)OC[C@H]1O[C@@H](n2cc(C)c(=O)[nH]c2=O)CC1OP(=O)(S)OC[C@H]1O[C@@H](n2cnc3c2N=C(N)NC3N)CC1OP(=O)(S)OC[C@H]1O[C@@H](n2cc(C)c(=O)[nH]c2=O)CC1OP(=O)(S)OC[C@H]1O[C@@H](n2cnc3c2N=C(N)NC3N)CC1OP(=O)(S)OC. The summed E-state index contributed by atoms with van der Waals surface area (Å²) in [6.07, 6.45) is -20.2. The topological polar surface area (TPSA) is 803 Å². The van der Waals surface area contributed by atoms with E-state index in [9.17, 15) is 47.0 Å². The van der Waals surface area contributed by atoms with Crippen LogP contribution in [0.25, 0.3) is 11.2 Å². The molecule has 8 aromatic heterocycles. The van der Waals surface area contributed by atoms with Crippen LogP contribution in [-0.2, 0) is 128 Å². The number of hydrogen-bond donors (Lipinski definition) is 18. The Labute approximate surface area is 866 Å². The molecule has 0 aromatic carbocycles. The zero-order valence-electron chi connectivity index (χ0n) is 77.6. The number of fused-ring (bicyclic) bond motifs is 3. The molecule has 806 valence electrons. The molecule has 0 radical (unpaired) electrons. The molecule has 61 nitrogen and oxygen atoms in total. The van der Waals surface area contributed by atoms with Gasteiger partial charge in [-0.2, -0.15) is 20.0 Å². The fourth-order valence-electron chi connectivity index (χ4n) is 17.4. The van der Waals surface area contributed by atoms with Crippen molar-refractivity contribution in [1.82, 2.24) is 87.5 Å². The first kappa shape index (κ1) is 111. The molecule has 7 saturated heterocycles. The van der Waals surface area contributed by atoms with Crippen molar-refractivity contribution in [3.8, 4) is 0 Å². The van der Waals surface area contributed by atoms with Crippen LogP contribution in [0.5, 0.6) is 0 Å². The predicted octanol–water partition coefficient (Wildman–Crippen LogP) is 5.36. The molecule has 75 heteroatoms. The maximum atomic E-state index is 15.1. The standard InChI is InChI=1S/C72H102N27O34P7S7/c1-7-33-34(8-47(120-33)93-15-29(2)57(73)87-69(93)102)128-135(107,142)114-20-42-36(9-48(121-42)94-16-30(3)58(74)88-70(94)103)129-137(109,144)118-23-45-39(13-51(124-45)97-26-82-54-59(75)80-25-81-62(54)97)132-139(111,146)116-21-43-38(11-50(122-43)96-18-32(5)66(101)92-72(96)105)131-138(110,145)119-24-46-40(14-53(126-46)99-28-84-56-61(77)86-68(79)90-64(56)99)133-140(112,147)117-22-44-37(10-49(123-44)95-17-31(4)65(100)91-71(95)104)130-136(108,143)115-19-41-35(127-134(106,141)113-6)12-52(125-41)98-27-83-55-60(76)85-67(78)89-63(55)98/h15-18,25-28,33-53,60-61H,7-14,19-24,76-77H2,1-6H3,(H,106,141)(H,107,142)(H,108,143)(H,109,144)(H,110,145)(H,111,146)(H,112,147)(H2,73,87,102)(H2,74,88,103)(H2,75,80,81)(H3,78,85,89)(H3,79,86,90)(H,91,100,104)(H,92,101,105)/t33-,34?,35?,36?,37?,38?,39?,40?,41-,42-,43-,44-,45-,46-,47-,48-,49-,50-,51-,52-,53-,60?,61?,134?,135?,136?,137?,138?,139?,140?/m1/s1. The second-order valence-corrected chi connectivity index (χ2v) is 54.9. The van der Waals surface area contributed by atoms with Gasteiger partial charge in [0.1, 0.15) is 164 Å². The molecule has 0 aliphatic carbocycles. The van der Waals surface area contributed by atoms with Crippen LogP contribution in [0.3, 0.4) is 0 Å². The van der Waals surface area contributed by atoms with Crippen LogP contribution in [0.2, 0.25) is 0 Å². The molecule has 0 amide bonds. The average molecular weight is 2330 g/mol. The van der Waals surface area contributed by atoms with Crippen LogP contribution >= 0.6 is 133 Å². The number of ether oxygens (including phenoxy) is 7. The number of nitrogens with one attached hydrogen (secondary N) is 4. The van der Waals surface area contributed by atoms with Crippen LogP contribution < -0.4 is 84.6 Å². The van der Waals surface area contributed by atoms with E-state index in [1.165, 1.54) is 75.9 Å². The highest BCUT2D eigenvalue weighted by Crippen LogP contribution is 2.65. The summed E-state index contributed by atoms with van der Waals surface area (Å²) >= 11 is 30.2. The smallest absolute Gasteiger partial charge is 0.383 e. The van der Waals surface area contributed by atoms with Gasteiger partial charge in [0.05, 0.1) is 70.8 Å². The van der Waals surface area contributed by atoms with Gasteiger partial charge in [0, 0.05) is 99.1 Å². The van der Waals surface area contributed by atoms with Gasteiger partial charge in [0.25, 0.3) is 11.1 Å². The van der Waals surface area contributed by atoms with Crippen LogP contribution in [-0.4, -0.2) is 221 Å². The molecule has 0 bridgehead atoms. The highest BCUT2D eigenvalue weighted by molar-refractivity contribution is 8.46. The third-order valence-electron chi connectivity index (χ3n) is 24.6. The van der Waals surface area contributed by atoms with Crippen molar-refractivity contribution in [2.24, 2.45) is 32.9 Å². The Hall–Kier alpha value is -6.83. The Morgan fingerprint density at radius 2 is 0.646 bits per heavy atom. The maximum Gasteiger partial charge on any atom is 0.386 e. The number of aromatic amines is 2. The number of imidazole rings is 3. The van der Waals surface area contributed by atoms with Crippen molar-refractivity contribution in [3.05, 3.63) is 146 Å². The third kappa shape index (κ3) is 25.9. The first-order valence-electron chi connectivity index (χ1n) is 44.5. The number of guanidine groups is 2. The first-order chi connectivity index (χ1) is 69.2. The summed E-state index contributed by atoms with van der Waals surface area (Å²) in [7, 11) is 1.09. The summed E-state index contributed by atoms with van der Waals surface area (Å²) in [5, 5.41) is 5.51. The van der Waals surface area contributed by atoms with Gasteiger partial charge in [-0.3, -0.25) is 110 Å². The zero-order valence-corrected chi connectivity index (χ0v) is 90.2. The number of aromatic nitrogens is 16.